The van der Waals surface area contributed by atoms with E-state index in [0.29, 0.717) is 30.8 Å². The van der Waals surface area contributed by atoms with Gasteiger partial charge in [-0.25, -0.2) is 4.79 Å². The Labute approximate surface area is 97.3 Å². The predicted molar refractivity (Wildman–Crippen MR) is 61.2 cm³/mol. The molecule has 16 heavy (non-hydrogen) atoms. The Morgan fingerprint density at radius 3 is 1.62 bits per heavy atom. The molecule has 0 spiro atoms. The van der Waals surface area contributed by atoms with Crippen LogP contribution in [0, 0.1) is 11.8 Å². The molecule has 1 heterocycles. The zero-order chi connectivity index (χ0) is 12.6. The topological polar surface area (TPSA) is 52.6 Å². The van der Waals surface area contributed by atoms with Crippen LogP contribution in [0.15, 0.2) is 0 Å². The van der Waals surface area contributed by atoms with Crippen molar-refractivity contribution in [3.05, 3.63) is 0 Å². The first kappa shape index (κ1) is 14.9. The summed E-state index contributed by atoms with van der Waals surface area (Å²) in [6.45, 7) is 9.16. The Hall–Kier alpha value is -1.06. The number of Topliss-reactive ketones (excluding diaryl/α,β-unsaturated/α-hetero) is 1. The number of ketones is 1. The number of rotatable bonds is 4. The van der Waals surface area contributed by atoms with E-state index in [0.717, 1.165) is 12.8 Å². The molecule has 0 bridgehead atoms. The van der Waals surface area contributed by atoms with Crippen molar-refractivity contribution in [3.63, 3.8) is 0 Å². The minimum absolute atomic E-state index is 0.407. The van der Waals surface area contributed by atoms with Gasteiger partial charge in [0, 0.05) is 12.8 Å². The van der Waals surface area contributed by atoms with Gasteiger partial charge >= 0.3 is 6.16 Å². The minimum Gasteiger partial charge on any atom is -0.431 e. The van der Waals surface area contributed by atoms with E-state index in [-0.39, 0.29) is 0 Å². The summed E-state index contributed by atoms with van der Waals surface area (Å²) in [7, 11) is 0. The Morgan fingerprint density at radius 1 is 1.06 bits per heavy atom. The molecular weight excluding hydrogens is 208 g/mol. The first-order valence-electron chi connectivity index (χ1n) is 5.73. The van der Waals surface area contributed by atoms with Crippen LogP contribution < -0.4 is 0 Å². The van der Waals surface area contributed by atoms with Crippen LogP contribution in [0.2, 0.25) is 0 Å². The van der Waals surface area contributed by atoms with Crippen LogP contribution in [-0.4, -0.2) is 25.2 Å². The molecule has 1 saturated heterocycles. The van der Waals surface area contributed by atoms with E-state index in [1.807, 2.05) is 0 Å². The molecule has 0 N–H and O–H groups in total. The van der Waals surface area contributed by atoms with Gasteiger partial charge in [-0.2, -0.15) is 0 Å². The smallest absolute Gasteiger partial charge is 0.431 e. The summed E-state index contributed by atoms with van der Waals surface area (Å²) in [5.41, 5.74) is 0. The van der Waals surface area contributed by atoms with Crippen LogP contribution in [0.4, 0.5) is 4.79 Å². The summed E-state index contributed by atoms with van der Waals surface area (Å²) in [4.78, 5) is 20.9. The first-order valence-corrected chi connectivity index (χ1v) is 5.73. The van der Waals surface area contributed by atoms with E-state index in [4.69, 9.17) is 0 Å². The molecule has 0 aromatic carbocycles. The van der Waals surface area contributed by atoms with Gasteiger partial charge in [-0.1, -0.05) is 27.7 Å². The molecule has 1 fully saturated rings. The third kappa shape index (κ3) is 9.49. The largest absolute Gasteiger partial charge is 0.508 e. The Morgan fingerprint density at radius 2 is 1.44 bits per heavy atom. The average Bonchev–Trinajstić information content (AvgIpc) is 2.53. The molecule has 4 nitrogen and oxygen atoms in total. The number of cyclic esters (lactones) is 2. The zero-order valence-corrected chi connectivity index (χ0v) is 10.6. The highest BCUT2D eigenvalue weighted by molar-refractivity contribution is 5.78. The molecule has 1 aliphatic rings. The highest BCUT2D eigenvalue weighted by atomic mass is 16.8. The van der Waals surface area contributed by atoms with Crippen molar-refractivity contribution < 1.29 is 19.1 Å². The fourth-order valence-corrected chi connectivity index (χ4v) is 1.29. The molecule has 0 aliphatic carbocycles. The van der Waals surface area contributed by atoms with Crippen LogP contribution in [0.5, 0.6) is 0 Å². The molecule has 1 aliphatic heterocycles. The maximum absolute atomic E-state index is 11.1. The molecule has 0 aromatic rings. The summed E-state index contributed by atoms with van der Waals surface area (Å²) < 4.78 is 8.58. The number of hydrogen-bond acceptors (Lipinski definition) is 4. The van der Waals surface area contributed by atoms with Crippen LogP contribution >= 0.6 is 0 Å². The van der Waals surface area contributed by atoms with Gasteiger partial charge in [-0.3, -0.25) is 4.79 Å². The van der Waals surface area contributed by atoms with Crippen molar-refractivity contribution in [1.29, 1.82) is 0 Å². The predicted octanol–water partition coefficient (Wildman–Crippen LogP) is 2.80. The molecule has 0 atom stereocenters. The molecule has 1 rings (SSSR count). The number of carbonyl (C=O) groups excluding carboxylic acids is 2. The maximum Gasteiger partial charge on any atom is 0.508 e. The quantitative estimate of drug-likeness (QED) is 0.697. The van der Waals surface area contributed by atoms with Gasteiger partial charge in [-0.15, -0.1) is 0 Å². The second-order valence-electron chi connectivity index (χ2n) is 4.68. The van der Waals surface area contributed by atoms with Crippen molar-refractivity contribution in [3.8, 4) is 0 Å². The molecule has 0 aromatic heterocycles. The average molecular weight is 230 g/mol. The van der Waals surface area contributed by atoms with E-state index in [9.17, 15) is 9.59 Å². The molecule has 0 saturated carbocycles. The third-order valence-electron chi connectivity index (χ3n) is 1.79. The van der Waals surface area contributed by atoms with Gasteiger partial charge in [0.15, 0.2) is 0 Å². The van der Waals surface area contributed by atoms with Gasteiger partial charge < -0.3 is 9.47 Å². The second-order valence-corrected chi connectivity index (χ2v) is 4.68. The van der Waals surface area contributed by atoms with E-state index in [2.05, 4.69) is 37.2 Å². The minimum atomic E-state index is -0.546. The van der Waals surface area contributed by atoms with E-state index < -0.39 is 6.16 Å². The van der Waals surface area contributed by atoms with Gasteiger partial charge in [0.1, 0.15) is 19.0 Å². The Kier molecular flexibility index (Phi) is 7.60. The summed E-state index contributed by atoms with van der Waals surface area (Å²) in [6, 6.07) is 0. The summed E-state index contributed by atoms with van der Waals surface area (Å²) in [6.07, 6.45) is 0.950. The lowest BCUT2D eigenvalue weighted by Gasteiger charge is -2.05. The second kappa shape index (κ2) is 8.13. The van der Waals surface area contributed by atoms with E-state index >= 15 is 0 Å². The van der Waals surface area contributed by atoms with E-state index in [1.165, 1.54) is 0 Å². The molecule has 0 radical (unpaired) electrons. The Bertz CT molecular complexity index is 201. The first-order chi connectivity index (χ1) is 7.41. The molecule has 4 heteroatoms. The number of carbonyl (C=O) groups is 2. The maximum atomic E-state index is 11.1. The molecular formula is C12H22O4. The van der Waals surface area contributed by atoms with Gasteiger partial charge in [0.2, 0.25) is 0 Å². The third-order valence-corrected chi connectivity index (χ3v) is 1.79. The lowest BCUT2D eigenvalue weighted by molar-refractivity contribution is -0.120. The van der Waals surface area contributed by atoms with Gasteiger partial charge in [0.25, 0.3) is 0 Å². The van der Waals surface area contributed by atoms with E-state index in [1.54, 1.807) is 0 Å². The summed E-state index contributed by atoms with van der Waals surface area (Å²) in [5.74, 6) is 1.45. The highest BCUT2D eigenvalue weighted by Gasteiger charge is 2.09. The number of ether oxygens (including phenoxy) is 2. The normalized spacial score (nSPS) is 14.2. The SMILES string of the molecule is CC(C)CC(=O)CC(C)C.O=C1OCCO1. The van der Waals surface area contributed by atoms with Crippen molar-refractivity contribution in [2.24, 2.45) is 11.8 Å². The zero-order valence-electron chi connectivity index (χ0n) is 10.6. The fraction of sp³-hybridized carbons (Fsp3) is 0.833. The monoisotopic (exact) mass is 230 g/mol. The van der Waals surface area contributed by atoms with Crippen LogP contribution in [0.3, 0.4) is 0 Å². The van der Waals surface area contributed by atoms with Crippen LogP contribution in [0.25, 0.3) is 0 Å². The van der Waals surface area contributed by atoms with Crippen molar-refractivity contribution in [2.45, 2.75) is 40.5 Å². The summed E-state index contributed by atoms with van der Waals surface area (Å²) >= 11 is 0. The standard InChI is InChI=1S/C9H18O.C3H4O3/c1-7(2)5-9(10)6-8(3)4;4-3-5-1-2-6-3/h7-8H,5-6H2,1-4H3;1-2H2. The van der Waals surface area contributed by atoms with Gasteiger partial charge in [-0.05, 0) is 11.8 Å². The molecule has 0 amide bonds. The fourth-order valence-electron chi connectivity index (χ4n) is 1.29. The van der Waals surface area contributed by atoms with Crippen molar-refractivity contribution in [2.75, 3.05) is 13.2 Å². The summed E-state index contributed by atoms with van der Waals surface area (Å²) in [5, 5.41) is 0. The molecule has 94 valence electrons. The Balaban J connectivity index is 0.000000315. The lowest BCUT2D eigenvalue weighted by atomic mass is 10.00. The van der Waals surface area contributed by atoms with Crippen LogP contribution in [0.1, 0.15) is 40.5 Å². The van der Waals surface area contributed by atoms with Crippen molar-refractivity contribution in [1.82, 2.24) is 0 Å². The van der Waals surface area contributed by atoms with Crippen LogP contribution in [-0.2, 0) is 14.3 Å². The lowest BCUT2D eigenvalue weighted by Crippen LogP contribution is -2.05. The highest BCUT2D eigenvalue weighted by Crippen LogP contribution is 2.07. The number of hydrogen-bond donors (Lipinski definition) is 0. The van der Waals surface area contributed by atoms with Gasteiger partial charge in [0.05, 0.1) is 0 Å². The van der Waals surface area contributed by atoms with Crippen molar-refractivity contribution >= 4 is 11.9 Å². The molecule has 0 unspecified atom stereocenters.